The molecule has 0 aliphatic carbocycles. The van der Waals surface area contributed by atoms with Crippen molar-refractivity contribution in [1.29, 1.82) is 0 Å². The molecule has 3 aromatic rings. The van der Waals surface area contributed by atoms with Crippen molar-refractivity contribution in [3.05, 3.63) is 53.5 Å². The molecule has 2 aromatic heterocycles. The third kappa shape index (κ3) is 2.63. The number of nitrogens with zero attached hydrogens (tertiary/aromatic N) is 3. The van der Waals surface area contributed by atoms with E-state index in [1.807, 2.05) is 45.2 Å². The monoisotopic (exact) mass is 295 g/mol. The highest BCUT2D eigenvalue weighted by atomic mass is 16.1. The number of aromatic amines is 1. The Hall–Kier alpha value is -2.89. The van der Waals surface area contributed by atoms with Gasteiger partial charge in [-0.2, -0.15) is 10.2 Å². The normalized spacial score (nSPS) is 10.7. The minimum Gasteiger partial charge on any atom is -0.318 e. The Labute approximate surface area is 128 Å². The lowest BCUT2D eigenvalue weighted by Crippen LogP contribution is -2.12. The molecule has 0 spiro atoms. The van der Waals surface area contributed by atoms with Crippen LogP contribution < -0.4 is 5.32 Å². The molecular weight excluding hydrogens is 278 g/mol. The minimum absolute atomic E-state index is 0.234. The molecule has 0 saturated carbocycles. The summed E-state index contributed by atoms with van der Waals surface area (Å²) < 4.78 is 1.71. The number of amides is 1. The number of carbonyl (C=O) groups is 1. The predicted octanol–water partition coefficient (Wildman–Crippen LogP) is 2.68. The number of hydrogen-bond donors (Lipinski definition) is 2. The van der Waals surface area contributed by atoms with E-state index in [9.17, 15) is 4.79 Å². The average molecular weight is 295 g/mol. The van der Waals surface area contributed by atoms with Gasteiger partial charge in [-0.1, -0.05) is 29.8 Å². The second-order valence-corrected chi connectivity index (χ2v) is 5.25. The lowest BCUT2D eigenvalue weighted by Gasteiger charge is -2.02. The Morgan fingerprint density at radius 2 is 1.95 bits per heavy atom. The van der Waals surface area contributed by atoms with E-state index in [1.165, 1.54) is 5.56 Å². The van der Waals surface area contributed by atoms with Gasteiger partial charge in [0.1, 0.15) is 5.69 Å². The smallest absolute Gasteiger partial charge is 0.273 e. The summed E-state index contributed by atoms with van der Waals surface area (Å²) in [5.74, 6) is -0.234. The first-order chi connectivity index (χ1) is 10.5. The zero-order valence-corrected chi connectivity index (χ0v) is 12.7. The van der Waals surface area contributed by atoms with Crippen LogP contribution in [0.4, 0.5) is 5.69 Å². The summed E-state index contributed by atoms with van der Waals surface area (Å²) in [4.78, 5) is 12.3. The molecule has 22 heavy (non-hydrogen) atoms. The van der Waals surface area contributed by atoms with Gasteiger partial charge in [-0.25, -0.2) is 0 Å². The number of hydrogen-bond acceptors (Lipinski definition) is 3. The van der Waals surface area contributed by atoms with Crippen LogP contribution in [0.15, 0.2) is 36.5 Å². The summed E-state index contributed by atoms with van der Waals surface area (Å²) in [6, 6.07) is 9.74. The van der Waals surface area contributed by atoms with Gasteiger partial charge >= 0.3 is 0 Å². The van der Waals surface area contributed by atoms with Crippen LogP contribution in [0, 0.1) is 13.8 Å². The van der Waals surface area contributed by atoms with E-state index in [1.54, 1.807) is 16.9 Å². The van der Waals surface area contributed by atoms with Crippen LogP contribution >= 0.6 is 0 Å². The first-order valence-corrected chi connectivity index (χ1v) is 6.97. The summed E-state index contributed by atoms with van der Waals surface area (Å²) in [5.41, 5.74) is 4.90. The van der Waals surface area contributed by atoms with Gasteiger partial charge in [0, 0.05) is 12.6 Å². The van der Waals surface area contributed by atoms with E-state index in [2.05, 4.69) is 20.6 Å². The van der Waals surface area contributed by atoms with Crippen LogP contribution in [0.3, 0.4) is 0 Å². The van der Waals surface area contributed by atoms with Crippen molar-refractivity contribution in [2.45, 2.75) is 13.8 Å². The number of benzene rings is 1. The van der Waals surface area contributed by atoms with Gasteiger partial charge in [0.2, 0.25) is 0 Å². The predicted molar refractivity (Wildman–Crippen MR) is 84.7 cm³/mol. The molecule has 6 heteroatoms. The van der Waals surface area contributed by atoms with Gasteiger partial charge < -0.3 is 5.32 Å². The summed E-state index contributed by atoms with van der Waals surface area (Å²) in [7, 11) is 1.83. The zero-order valence-electron chi connectivity index (χ0n) is 12.7. The molecule has 0 unspecified atom stereocenters. The summed E-state index contributed by atoms with van der Waals surface area (Å²) in [5, 5.41) is 13.9. The molecular formula is C16H17N5O. The molecule has 1 amide bonds. The summed E-state index contributed by atoms with van der Waals surface area (Å²) in [6.07, 6.45) is 1.63. The molecule has 0 fully saturated rings. The van der Waals surface area contributed by atoms with Crippen molar-refractivity contribution >= 4 is 11.6 Å². The number of anilines is 1. The lowest BCUT2D eigenvalue weighted by atomic mass is 10.1. The maximum absolute atomic E-state index is 12.3. The highest BCUT2D eigenvalue weighted by Crippen LogP contribution is 2.19. The van der Waals surface area contributed by atoms with Crippen molar-refractivity contribution in [1.82, 2.24) is 20.0 Å². The van der Waals surface area contributed by atoms with Crippen LogP contribution in [0.25, 0.3) is 11.3 Å². The highest BCUT2D eigenvalue weighted by Gasteiger charge is 2.13. The van der Waals surface area contributed by atoms with E-state index in [0.717, 1.165) is 17.0 Å². The summed E-state index contributed by atoms with van der Waals surface area (Å²) >= 11 is 0. The average Bonchev–Trinajstić information content (AvgIpc) is 3.11. The molecule has 0 saturated heterocycles. The molecule has 0 aliphatic rings. The maximum atomic E-state index is 12.3. The van der Waals surface area contributed by atoms with Crippen LogP contribution in [0.1, 0.15) is 21.7 Å². The van der Waals surface area contributed by atoms with Crippen molar-refractivity contribution in [2.75, 3.05) is 5.32 Å². The van der Waals surface area contributed by atoms with Crippen molar-refractivity contribution in [2.24, 2.45) is 7.05 Å². The molecule has 2 heterocycles. The SMILES string of the molecule is Cc1ccc(-c2cc(C(=O)Nc3cnn(C)c3C)[nH]n2)cc1. The molecule has 0 radical (unpaired) electrons. The molecule has 6 nitrogen and oxygen atoms in total. The van der Waals surface area contributed by atoms with Gasteiger partial charge in [0.25, 0.3) is 5.91 Å². The van der Waals surface area contributed by atoms with Crippen LogP contribution in [0.2, 0.25) is 0 Å². The van der Waals surface area contributed by atoms with Crippen molar-refractivity contribution in [3.8, 4) is 11.3 Å². The maximum Gasteiger partial charge on any atom is 0.273 e. The number of aromatic nitrogens is 4. The number of carbonyl (C=O) groups excluding carboxylic acids is 1. The van der Waals surface area contributed by atoms with E-state index >= 15 is 0 Å². The second kappa shape index (κ2) is 5.48. The fourth-order valence-electron chi connectivity index (χ4n) is 2.12. The van der Waals surface area contributed by atoms with E-state index in [-0.39, 0.29) is 5.91 Å². The molecule has 2 N–H and O–H groups in total. The highest BCUT2D eigenvalue weighted by molar-refractivity contribution is 6.03. The number of H-pyrrole nitrogens is 1. The molecule has 0 aliphatic heterocycles. The number of rotatable bonds is 3. The Bertz CT molecular complexity index is 813. The molecule has 0 atom stereocenters. The molecule has 3 rings (SSSR count). The Balaban J connectivity index is 1.80. The lowest BCUT2D eigenvalue weighted by molar-refractivity contribution is 0.102. The van der Waals surface area contributed by atoms with Crippen LogP contribution in [0.5, 0.6) is 0 Å². The van der Waals surface area contributed by atoms with Gasteiger partial charge in [-0.05, 0) is 19.9 Å². The minimum atomic E-state index is -0.234. The van der Waals surface area contributed by atoms with Gasteiger partial charge in [-0.15, -0.1) is 0 Å². The third-order valence-electron chi connectivity index (χ3n) is 3.65. The third-order valence-corrected chi connectivity index (χ3v) is 3.65. The van der Waals surface area contributed by atoms with Crippen LogP contribution in [-0.2, 0) is 7.05 Å². The number of nitrogens with one attached hydrogen (secondary N) is 2. The van der Waals surface area contributed by atoms with Gasteiger partial charge in [0.15, 0.2) is 0 Å². The van der Waals surface area contributed by atoms with Crippen molar-refractivity contribution in [3.63, 3.8) is 0 Å². The Morgan fingerprint density at radius 1 is 1.23 bits per heavy atom. The Morgan fingerprint density at radius 3 is 2.59 bits per heavy atom. The van der Waals surface area contributed by atoms with E-state index < -0.39 is 0 Å². The largest absolute Gasteiger partial charge is 0.318 e. The molecule has 0 bridgehead atoms. The van der Waals surface area contributed by atoms with Crippen molar-refractivity contribution < 1.29 is 4.79 Å². The Kier molecular flexibility index (Phi) is 3.50. The fourth-order valence-corrected chi connectivity index (χ4v) is 2.12. The fraction of sp³-hybridized carbons (Fsp3) is 0.188. The second-order valence-electron chi connectivity index (χ2n) is 5.25. The van der Waals surface area contributed by atoms with Crippen LogP contribution in [-0.4, -0.2) is 25.9 Å². The number of aryl methyl sites for hydroxylation is 2. The zero-order chi connectivity index (χ0) is 15.7. The summed E-state index contributed by atoms with van der Waals surface area (Å²) in [6.45, 7) is 3.93. The first kappa shape index (κ1) is 14.1. The topological polar surface area (TPSA) is 75.6 Å². The van der Waals surface area contributed by atoms with Gasteiger partial charge in [-0.3, -0.25) is 14.6 Å². The van der Waals surface area contributed by atoms with E-state index in [4.69, 9.17) is 0 Å². The standard InChI is InChI=1S/C16H17N5O/c1-10-4-6-12(7-5-10)13-8-14(20-19-13)16(22)18-15-9-17-21(3)11(15)2/h4-9H,1-3H3,(H,18,22)(H,19,20). The van der Waals surface area contributed by atoms with Gasteiger partial charge in [0.05, 0.1) is 23.3 Å². The molecule has 112 valence electrons. The van der Waals surface area contributed by atoms with E-state index in [0.29, 0.717) is 11.4 Å². The molecule has 1 aromatic carbocycles. The first-order valence-electron chi connectivity index (χ1n) is 6.97. The quantitative estimate of drug-likeness (QED) is 0.780.